The minimum Gasteiger partial charge on any atom is -0.269 e. The van der Waals surface area contributed by atoms with Gasteiger partial charge in [0.2, 0.25) is 0 Å². The van der Waals surface area contributed by atoms with E-state index in [0.717, 1.165) is 34.6 Å². The van der Waals surface area contributed by atoms with Gasteiger partial charge >= 0.3 is 4.87 Å². The molecule has 1 saturated carbocycles. The molecule has 1 fully saturated rings. The summed E-state index contributed by atoms with van der Waals surface area (Å²) < 4.78 is 4.01. The van der Waals surface area contributed by atoms with Crippen LogP contribution in [-0.2, 0) is 6.54 Å². The second-order valence-corrected chi connectivity index (χ2v) is 6.97. The number of hydrogen-bond acceptors (Lipinski definition) is 4. The van der Waals surface area contributed by atoms with Crippen molar-refractivity contribution in [3.05, 3.63) is 62.2 Å². The Morgan fingerprint density at radius 3 is 2.74 bits per heavy atom. The summed E-state index contributed by atoms with van der Waals surface area (Å²) in [5.41, 5.74) is 0.526. The first-order valence-electron chi connectivity index (χ1n) is 7.89. The number of rotatable bonds is 3. The summed E-state index contributed by atoms with van der Waals surface area (Å²) in [6.07, 6.45) is 6.77. The molecule has 1 aliphatic rings. The highest BCUT2D eigenvalue weighted by molar-refractivity contribution is 7.16. The molecule has 0 saturated heterocycles. The Morgan fingerprint density at radius 1 is 1.13 bits per heavy atom. The summed E-state index contributed by atoms with van der Waals surface area (Å²) in [5.74, 6) is 0. The third-order valence-electron chi connectivity index (χ3n) is 4.46. The molecule has 5 nitrogen and oxygen atoms in total. The maximum Gasteiger partial charge on any atom is 0.310 e. The van der Waals surface area contributed by atoms with E-state index in [1.165, 1.54) is 17.4 Å². The molecule has 1 aliphatic carbocycles. The van der Waals surface area contributed by atoms with Crippen molar-refractivity contribution < 1.29 is 0 Å². The fourth-order valence-corrected chi connectivity index (χ4v) is 4.10. The molecule has 0 bridgehead atoms. The zero-order valence-electron chi connectivity index (χ0n) is 12.6. The maximum atomic E-state index is 12.6. The Hall–Kier alpha value is -2.21. The number of nitrogens with zero attached hydrogens (tertiary/aromatic N) is 3. The van der Waals surface area contributed by atoms with Gasteiger partial charge in [-0.05, 0) is 31.0 Å². The quantitative estimate of drug-likeness (QED) is 0.743. The van der Waals surface area contributed by atoms with Crippen molar-refractivity contribution in [2.45, 2.75) is 38.3 Å². The standard InChI is InChI=1S/C17H17N3O2S/c21-16-14-7-3-4-8-15(14)23-17(22)19(16)11-12-9-10-20(18-12)13-5-1-2-6-13/h3-4,7-10,13H,1-2,5-6,11H2. The molecule has 0 radical (unpaired) electrons. The molecule has 0 spiro atoms. The molecule has 0 amide bonds. The van der Waals surface area contributed by atoms with Crippen LogP contribution in [0.1, 0.15) is 37.4 Å². The van der Waals surface area contributed by atoms with E-state index >= 15 is 0 Å². The van der Waals surface area contributed by atoms with Crippen molar-refractivity contribution in [3.8, 4) is 0 Å². The van der Waals surface area contributed by atoms with Crippen LogP contribution in [0, 0.1) is 0 Å². The van der Waals surface area contributed by atoms with Crippen LogP contribution in [-0.4, -0.2) is 14.3 Å². The average Bonchev–Trinajstić information content (AvgIpc) is 3.22. The number of benzene rings is 1. The van der Waals surface area contributed by atoms with Gasteiger partial charge < -0.3 is 0 Å². The summed E-state index contributed by atoms with van der Waals surface area (Å²) in [4.78, 5) is 24.6. The van der Waals surface area contributed by atoms with Crippen LogP contribution in [0.4, 0.5) is 0 Å². The lowest BCUT2D eigenvalue weighted by atomic mass is 10.3. The summed E-state index contributed by atoms with van der Waals surface area (Å²) >= 11 is 1.11. The second-order valence-electron chi connectivity index (χ2n) is 5.98. The van der Waals surface area contributed by atoms with Crippen LogP contribution >= 0.6 is 11.3 Å². The summed E-state index contributed by atoms with van der Waals surface area (Å²) in [6.45, 7) is 0.235. The zero-order valence-corrected chi connectivity index (χ0v) is 13.5. The van der Waals surface area contributed by atoms with E-state index in [-0.39, 0.29) is 17.0 Å². The number of hydrogen-bond donors (Lipinski definition) is 0. The van der Waals surface area contributed by atoms with Crippen LogP contribution in [0.2, 0.25) is 0 Å². The molecular formula is C17H17N3O2S. The molecule has 6 heteroatoms. The highest BCUT2D eigenvalue weighted by atomic mass is 32.1. The normalized spacial score (nSPS) is 15.5. The van der Waals surface area contributed by atoms with Crippen LogP contribution in [0.25, 0.3) is 10.1 Å². The molecule has 0 N–H and O–H groups in total. The molecule has 0 unspecified atom stereocenters. The van der Waals surface area contributed by atoms with Crippen molar-refractivity contribution in [2.24, 2.45) is 0 Å². The van der Waals surface area contributed by atoms with Crippen LogP contribution < -0.4 is 10.4 Å². The summed E-state index contributed by atoms with van der Waals surface area (Å²) in [7, 11) is 0. The first-order valence-corrected chi connectivity index (χ1v) is 8.71. The van der Waals surface area contributed by atoms with Gasteiger partial charge in [-0.3, -0.25) is 18.8 Å². The van der Waals surface area contributed by atoms with E-state index < -0.39 is 0 Å². The molecule has 2 heterocycles. The number of aromatic nitrogens is 3. The maximum absolute atomic E-state index is 12.6. The Morgan fingerprint density at radius 2 is 1.91 bits per heavy atom. The topological polar surface area (TPSA) is 56.9 Å². The van der Waals surface area contributed by atoms with Gasteiger partial charge in [0.1, 0.15) is 0 Å². The van der Waals surface area contributed by atoms with Gasteiger partial charge in [-0.2, -0.15) is 5.10 Å². The zero-order chi connectivity index (χ0) is 15.8. The molecule has 118 valence electrons. The van der Waals surface area contributed by atoms with Gasteiger partial charge in [0, 0.05) is 10.9 Å². The molecule has 1 aromatic carbocycles. The van der Waals surface area contributed by atoms with E-state index in [9.17, 15) is 9.59 Å². The third kappa shape index (κ3) is 2.63. The van der Waals surface area contributed by atoms with Gasteiger partial charge in [0.25, 0.3) is 5.56 Å². The van der Waals surface area contributed by atoms with Crippen molar-refractivity contribution in [1.82, 2.24) is 14.3 Å². The van der Waals surface area contributed by atoms with Crippen molar-refractivity contribution in [1.29, 1.82) is 0 Å². The molecule has 0 atom stereocenters. The van der Waals surface area contributed by atoms with Crippen LogP contribution in [0.15, 0.2) is 46.1 Å². The molecule has 23 heavy (non-hydrogen) atoms. The second kappa shape index (κ2) is 5.77. The van der Waals surface area contributed by atoms with E-state index in [1.54, 1.807) is 6.07 Å². The minimum absolute atomic E-state index is 0.232. The predicted molar refractivity (Wildman–Crippen MR) is 91.2 cm³/mol. The highest BCUT2D eigenvalue weighted by Gasteiger charge is 2.18. The molecule has 4 rings (SSSR count). The lowest BCUT2D eigenvalue weighted by molar-refractivity contribution is 0.461. The highest BCUT2D eigenvalue weighted by Crippen LogP contribution is 2.28. The third-order valence-corrected chi connectivity index (χ3v) is 5.43. The molecular weight excluding hydrogens is 310 g/mol. The SMILES string of the molecule is O=c1sc2ccccc2c(=O)n1Cc1ccn(C2CCCC2)n1. The summed E-state index contributed by atoms with van der Waals surface area (Å²) in [5, 5.41) is 5.16. The van der Waals surface area contributed by atoms with Crippen molar-refractivity contribution in [2.75, 3.05) is 0 Å². The number of fused-ring (bicyclic) bond motifs is 1. The Kier molecular flexibility index (Phi) is 3.61. The first-order chi connectivity index (χ1) is 11.2. The average molecular weight is 327 g/mol. The van der Waals surface area contributed by atoms with Gasteiger partial charge in [-0.15, -0.1) is 0 Å². The Balaban J connectivity index is 1.70. The lowest BCUT2D eigenvalue weighted by Crippen LogP contribution is -2.31. The molecule has 3 aromatic rings. The predicted octanol–water partition coefficient (Wildman–Crippen LogP) is 2.78. The largest absolute Gasteiger partial charge is 0.310 e. The fourth-order valence-electron chi connectivity index (χ4n) is 3.24. The van der Waals surface area contributed by atoms with E-state index in [1.807, 2.05) is 35.1 Å². The molecule has 2 aromatic heterocycles. The summed E-state index contributed by atoms with van der Waals surface area (Å²) in [6, 6.07) is 9.60. The Bertz CT molecular complexity index is 964. The van der Waals surface area contributed by atoms with E-state index in [2.05, 4.69) is 5.10 Å². The lowest BCUT2D eigenvalue weighted by Gasteiger charge is -2.09. The van der Waals surface area contributed by atoms with Gasteiger partial charge in [-0.25, -0.2) is 0 Å². The monoisotopic (exact) mass is 327 g/mol. The fraction of sp³-hybridized carbons (Fsp3) is 0.353. The first kappa shape index (κ1) is 14.4. The molecule has 0 aliphatic heterocycles. The van der Waals surface area contributed by atoms with Crippen molar-refractivity contribution >= 4 is 21.4 Å². The van der Waals surface area contributed by atoms with Gasteiger partial charge in [0.05, 0.1) is 23.7 Å². The van der Waals surface area contributed by atoms with E-state index in [4.69, 9.17) is 0 Å². The van der Waals surface area contributed by atoms with Gasteiger partial charge in [-0.1, -0.05) is 36.3 Å². The minimum atomic E-state index is -0.236. The van der Waals surface area contributed by atoms with Crippen molar-refractivity contribution in [3.63, 3.8) is 0 Å². The van der Waals surface area contributed by atoms with Crippen LogP contribution in [0.3, 0.4) is 0 Å². The smallest absolute Gasteiger partial charge is 0.269 e. The van der Waals surface area contributed by atoms with Gasteiger partial charge in [0.15, 0.2) is 0 Å². The van der Waals surface area contributed by atoms with E-state index in [0.29, 0.717) is 11.4 Å². The Labute approximate surface area is 136 Å². The van der Waals surface area contributed by atoms with Crippen LogP contribution in [0.5, 0.6) is 0 Å².